The Morgan fingerprint density at radius 2 is 1.92 bits per heavy atom. The third-order valence-electron chi connectivity index (χ3n) is 6.23. The number of hydrogen-bond donors (Lipinski definition) is 0. The molecule has 3 aliphatic rings. The van der Waals surface area contributed by atoms with Crippen molar-refractivity contribution in [2.24, 2.45) is 11.3 Å². The second-order valence-corrected chi connectivity index (χ2v) is 8.35. The lowest BCUT2D eigenvalue weighted by Crippen LogP contribution is -2.60. The smallest absolute Gasteiger partial charge is 0.225 e. The topological polar surface area (TPSA) is 42.0 Å². The average molecular weight is 358 g/mol. The van der Waals surface area contributed by atoms with Gasteiger partial charge in [0, 0.05) is 50.2 Å². The number of ether oxygens (including phenoxy) is 2. The first kappa shape index (κ1) is 18.0. The summed E-state index contributed by atoms with van der Waals surface area (Å²) in [5.74, 6) is 0.538. The van der Waals surface area contributed by atoms with Crippen LogP contribution in [0.4, 0.5) is 0 Å². The Labute approximate surface area is 156 Å². The average Bonchev–Trinajstić information content (AvgIpc) is 2.98. The van der Waals surface area contributed by atoms with Crippen molar-refractivity contribution in [3.8, 4) is 0 Å². The van der Waals surface area contributed by atoms with Crippen molar-refractivity contribution in [1.82, 2.24) is 9.80 Å². The lowest BCUT2D eigenvalue weighted by atomic mass is 9.77. The minimum absolute atomic E-state index is 0.185. The Kier molecular flexibility index (Phi) is 5.30. The largest absolute Gasteiger partial charge is 0.381 e. The molecule has 3 saturated heterocycles. The maximum absolute atomic E-state index is 12.6. The molecule has 0 saturated carbocycles. The third-order valence-corrected chi connectivity index (χ3v) is 6.23. The normalized spacial score (nSPS) is 26.2. The predicted molar refractivity (Wildman–Crippen MR) is 99.7 cm³/mol. The maximum Gasteiger partial charge on any atom is 0.225 e. The van der Waals surface area contributed by atoms with Gasteiger partial charge in [0.15, 0.2) is 0 Å². The van der Waals surface area contributed by atoms with Gasteiger partial charge in [0.2, 0.25) is 5.91 Å². The molecule has 3 fully saturated rings. The predicted octanol–water partition coefficient (Wildman–Crippen LogP) is 2.16. The molecule has 5 heteroatoms. The summed E-state index contributed by atoms with van der Waals surface area (Å²) < 4.78 is 11.4. The van der Waals surface area contributed by atoms with Crippen LogP contribution in [-0.2, 0) is 20.9 Å². The fourth-order valence-electron chi connectivity index (χ4n) is 4.80. The van der Waals surface area contributed by atoms with Gasteiger partial charge in [0.05, 0.1) is 13.2 Å². The van der Waals surface area contributed by atoms with Crippen LogP contribution in [0.5, 0.6) is 0 Å². The molecule has 0 aromatic heterocycles. The summed E-state index contributed by atoms with van der Waals surface area (Å²) in [4.78, 5) is 17.1. The van der Waals surface area contributed by atoms with Crippen LogP contribution in [0.1, 0.15) is 24.8 Å². The zero-order valence-electron chi connectivity index (χ0n) is 15.7. The van der Waals surface area contributed by atoms with Gasteiger partial charge < -0.3 is 19.3 Å². The van der Waals surface area contributed by atoms with Crippen molar-refractivity contribution < 1.29 is 14.3 Å². The van der Waals surface area contributed by atoms with Crippen LogP contribution >= 0.6 is 0 Å². The van der Waals surface area contributed by atoms with Gasteiger partial charge in [-0.3, -0.25) is 4.79 Å². The van der Waals surface area contributed by atoms with Gasteiger partial charge in [-0.25, -0.2) is 0 Å². The molecule has 3 aliphatic heterocycles. The van der Waals surface area contributed by atoms with Crippen LogP contribution in [0.25, 0.3) is 0 Å². The number of likely N-dealkylation sites (N-methyl/N-ethyl adjacent to an activating group) is 1. The van der Waals surface area contributed by atoms with Crippen LogP contribution < -0.4 is 0 Å². The second-order valence-electron chi connectivity index (χ2n) is 8.35. The number of benzene rings is 1. The Bertz CT molecular complexity index is 609. The monoisotopic (exact) mass is 358 g/mol. The summed E-state index contributed by atoms with van der Waals surface area (Å²) in [7, 11) is 2.19. The summed E-state index contributed by atoms with van der Waals surface area (Å²) in [6.07, 6.45) is 2.91. The van der Waals surface area contributed by atoms with Crippen LogP contribution in [0.15, 0.2) is 30.3 Å². The van der Waals surface area contributed by atoms with Crippen LogP contribution in [0, 0.1) is 11.3 Å². The van der Waals surface area contributed by atoms with Gasteiger partial charge in [-0.2, -0.15) is 0 Å². The second kappa shape index (κ2) is 7.67. The molecule has 0 aliphatic carbocycles. The van der Waals surface area contributed by atoms with E-state index in [1.807, 2.05) is 18.2 Å². The quantitative estimate of drug-likeness (QED) is 0.809. The minimum Gasteiger partial charge on any atom is -0.381 e. The number of nitrogens with zero attached hydrogens (tertiary/aromatic N) is 2. The molecule has 1 spiro atoms. The molecule has 0 radical (unpaired) electrons. The zero-order valence-corrected chi connectivity index (χ0v) is 15.7. The van der Waals surface area contributed by atoms with Crippen molar-refractivity contribution in [2.45, 2.75) is 31.9 Å². The number of rotatable bonds is 5. The molecule has 26 heavy (non-hydrogen) atoms. The molecule has 5 nitrogen and oxygen atoms in total. The summed E-state index contributed by atoms with van der Waals surface area (Å²) >= 11 is 0. The summed E-state index contributed by atoms with van der Waals surface area (Å²) in [5, 5.41) is 0. The molecule has 1 amide bonds. The first-order valence-electron chi connectivity index (χ1n) is 9.84. The lowest BCUT2D eigenvalue weighted by Gasteiger charge is -2.49. The highest BCUT2D eigenvalue weighted by Crippen LogP contribution is 2.43. The van der Waals surface area contributed by atoms with E-state index in [0.29, 0.717) is 18.6 Å². The number of amides is 1. The van der Waals surface area contributed by atoms with Crippen molar-refractivity contribution >= 4 is 5.91 Å². The summed E-state index contributed by atoms with van der Waals surface area (Å²) in [6, 6.07) is 10.8. The molecule has 0 N–H and O–H groups in total. The van der Waals surface area contributed by atoms with E-state index in [1.54, 1.807) is 0 Å². The fraction of sp³-hybridized carbons (Fsp3) is 0.667. The summed E-state index contributed by atoms with van der Waals surface area (Å²) in [6.45, 7) is 5.82. The molecule has 1 atom stereocenters. The number of carbonyl (C=O) groups is 1. The lowest BCUT2D eigenvalue weighted by molar-refractivity contribution is -0.150. The van der Waals surface area contributed by atoms with E-state index in [9.17, 15) is 4.79 Å². The first-order valence-corrected chi connectivity index (χ1v) is 9.84. The van der Waals surface area contributed by atoms with E-state index in [4.69, 9.17) is 9.47 Å². The standard InChI is InChI=1S/C21H30N2O3/c1-22-14-21(11-19(22)13-26-12-17-5-3-2-4-6-17)15-23(16-21)20(24)18-7-9-25-10-8-18/h2-6,18-19H,7-16H2,1H3. The van der Waals surface area contributed by atoms with Gasteiger partial charge in [-0.1, -0.05) is 30.3 Å². The maximum atomic E-state index is 12.6. The molecule has 0 bridgehead atoms. The highest BCUT2D eigenvalue weighted by atomic mass is 16.5. The van der Waals surface area contributed by atoms with E-state index < -0.39 is 0 Å². The van der Waals surface area contributed by atoms with Gasteiger partial charge in [-0.15, -0.1) is 0 Å². The number of likely N-dealkylation sites (tertiary alicyclic amines) is 2. The third kappa shape index (κ3) is 3.80. The van der Waals surface area contributed by atoms with Crippen molar-refractivity contribution in [1.29, 1.82) is 0 Å². The molecule has 1 aromatic carbocycles. The van der Waals surface area contributed by atoms with E-state index in [0.717, 1.165) is 58.7 Å². The van der Waals surface area contributed by atoms with Crippen LogP contribution in [-0.4, -0.2) is 68.3 Å². The van der Waals surface area contributed by atoms with Gasteiger partial charge in [-0.05, 0) is 31.9 Å². The van der Waals surface area contributed by atoms with Gasteiger partial charge in [0.1, 0.15) is 0 Å². The van der Waals surface area contributed by atoms with Crippen LogP contribution in [0.3, 0.4) is 0 Å². The van der Waals surface area contributed by atoms with E-state index >= 15 is 0 Å². The Hall–Kier alpha value is -1.43. The Morgan fingerprint density at radius 3 is 2.65 bits per heavy atom. The fourth-order valence-corrected chi connectivity index (χ4v) is 4.80. The molecule has 1 unspecified atom stereocenters. The number of carbonyl (C=O) groups excluding carboxylic acids is 1. The molecular formula is C21H30N2O3. The van der Waals surface area contributed by atoms with Gasteiger partial charge >= 0.3 is 0 Å². The van der Waals surface area contributed by atoms with E-state index in [1.165, 1.54) is 5.56 Å². The highest BCUT2D eigenvalue weighted by molar-refractivity contribution is 5.80. The zero-order chi connectivity index (χ0) is 18.0. The van der Waals surface area contributed by atoms with Crippen LogP contribution in [0.2, 0.25) is 0 Å². The Balaban J connectivity index is 1.23. The molecule has 4 rings (SSSR count). The van der Waals surface area contributed by atoms with Crippen molar-refractivity contribution in [2.75, 3.05) is 46.5 Å². The number of hydrogen-bond acceptors (Lipinski definition) is 4. The highest BCUT2D eigenvalue weighted by Gasteiger charge is 2.52. The molecule has 3 heterocycles. The van der Waals surface area contributed by atoms with Gasteiger partial charge in [0.25, 0.3) is 0 Å². The van der Waals surface area contributed by atoms with Crippen molar-refractivity contribution in [3.63, 3.8) is 0 Å². The Morgan fingerprint density at radius 1 is 1.19 bits per heavy atom. The minimum atomic E-state index is 0.185. The van der Waals surface area contributed by atoms with Crippen molar-refractivity contribution in [3.05, 3.63) is 35.9 Å². The van der Waals surface area contributed by atoms with E-state index in [2.05, 4.69) is 29.0 Å². The summed E-state index contributed by atoms with van der Waals surface area (Å²) in [5.41, 5.74) is 1.51. The first-order chi connectivity index (χ1) is 12.7. The van der Waals surface area contributed by atoms with E-state index in [-0.39, 0.29) is 11.3 Å². The molecule has 142 valence electrons. The SMILES string of the molecule is CN1CC2(CC1COCc1ccccc1)CN(C(=O)C1CCOCC1)C2. The molecular weight excluding hydrogens is 328 g/mol. The molecule has 1 aromatic rings.